The van der Waals surface area contributed by atoms with Gasteiger partial charge in [-0.25, -0.2) is 0 Å². The molecule has 0 spiro atoms. The first-order valence-electron chi connectivity index (χ1n) is 9.91. The van der Waals surface area contributed by atoms with E-state index in [0.717, 1.165) is 49.4 Å². The fourth-order valence-electron chi connectivity index (χ4n) is 4.41. The third kappa shape index (κ3) is 3.16. The number of carbonyl (C=O) groups excluding carboxylic acids is 1. The van der Waals surface area contributed by atoms with Crippen LogP contribution in [0.25, 0.3) is 0 Å². The molecule has 3 heterocycles. The molecule has 3 aliphatic heterocycles. The Morgan fingerprint density at radius 2 is 2.04 bits per heavy atom. The molecule has 27 heavy (non-hydrogen) atoms. The minimum Gasteiger partial charge on any atom is -0.494 e. The van der Waals surface area contributed by atoms with Crippen LogP contribution in [0.4, 0.5) is 0 Å². The van der Waals surface area contributed by atoms with Gasteiger partial charge in [-0.2, -0.15) is 0 Å². The summed E-state index contributed by atoms with van der Waals surface area (Å²) in [4.78, 5) is 19.6. The first kappa shape index (κ1) is 18.2. The summed E-state index contributed by atoms with van der Waals surface area (Å²) >= 11 is 0. The summed E-state index contributed by atoms with van der Waals surface area (Å²) in [5.74, 6) is 0.623. The maximum absolute atomic E-state index is 13.3. The number of rotatable bonds is 5. The maximum atomic E-state index is 13.3. The molecular formula is C21H30N4O2. The van der Waals surface area contributed by atoms with E-state index in [0.29, 0.717) is 17.5 Å². The average molecular weight is 370 g/mol. The number of hydrogen-bond donors (Lipinski definition) is 1. The van der Waals surface area contributed by atoms with E-state index < -0.39 is 0 Å². The quantitative estimate of drug-likeness (QED) is 0.800. The molecule has 1 N–H and O–H groups in total. The Balaban J connectivity index is 1.57. The van der Waals surface area contributed by atoms with Gasteiger partial charge in [0.1, 0.15) is 5.70 Å². The zero-order chi connectivity index (χ0) is 19.1. The van der Waals surface area contributed by atoms with E-state index in [1.54, 1.807) is 7.11 Å². The zero-order valence-corrected chi connectivity index (χ0v) is 16.5. The number of amides is 1. The predicted molar refractivity (Wildman–Crippen MR) is 105 cm³/mol. The number of hydrogen-bond acceptors (Lipinski definition) is 5. The molecule has 1 aliphatic carbocycles. The van der Waals surface area contributed by atoms with Gasteiger partial charge in [-0.1, -0.05) is 13.2 Å². The number of methoxy groups -OCH3 is 1. The molecule has 3 fully saturated rings. The molecule has 1 saturated carbocycles. The minimum atomic E-state index is 0.0485. The zero-order valence-electron chi connectivity index (χ0n) is 16.5. The van der Waals surface area contributed by atoms with Crippen LogP contribution in [-0.2, 0) is 9.53 Å². The summed E-state index contributed by atoms with van der Waals surface area (Å²) in [7, 11) is 3.73. The summed E-state index contributed by atoms with van der Waals surface area (Å²) in [6, 6.07) is 0.782. The highest BCUT2D eigenvalue weighted by molar-refractivity contribution is 5.96. The molecule has 146 valence electrons. The van der Waals surface area contributed by atoms with E-state index in [4.69, 9.17) is 4.74 Å². The number of piperazine rings is 1. The van der Waals surface area contributed by atoms with Crippen LogP contribution in [0.3, 0.4) is 0 Å². The van der Waals surface area contributed by atoms with Crippen LogP contribution in [0.2, 0.25) is 0 Å². The highest BCUT2D eigenvalue weighted by atomic mass is 16.5. The van der Waals surface area contributed by atoms with Gasteiger partial charge in [-0.05, 0) is 39.3 Å². The van der Waals surface area contributed by atoms with Gasteiger partial charge in [-0.3, -0.25) is 4.79 Å². The van der Waals surface area contributed by atoms with Crippen LogP contribution >= 0.6 is 0 Å². The lowest BCUT2D eigenvalue weighted by atomic mass is 9.91. The van der Waals surface area contributed by atoms with Crippen molar-refractivity contribution in [2.75, 3.05) is 40.3 Å². The Kier molecular flexibility index (Phi) is 4.76. The van der Waals surface area contributed by atoms with Crippen molar-refractivity contribution in [3.63, 3.8) is 0 Å². The van der Waals surface area contributed by atoms with Gasteiger partial charge < -0.3 is 24.8 Å². The molecule has 4 aliphatic rings. The number of allylic oxidation sites excluding steroid dienone is 2. The molecular weight excluding hydrogens is 340 g/mol. The second-order valence-electron chi connectivity index (χ2n) is 8.05. The molecule has 0 aromatic carbocycles. The van der Waals surface area contributed by atoms with Gasteiger partial charge in [0.15, 0.2) is 5.76 Å². The monoisotopic (exact) mass is 370 g/mol. The second-order valence-corrected chi connectivity index (χ2v) is 8.05. The van der Waals surface area contributed by atoms with E-state index in [9.17, 15) is 4.79 Å². The van der Waals surface area contributed by atoms with Crippen LogP contribution in [-0.4, -0.2) is 73.0 Å². The number of likely N-dealkylation sites (N-methyl/N-ethyl adjacent to an activating group) is 1. The molecule has 0 bridgehead atoms. The highest BCUT2D eigenvalue weighted by Gasteiger charge is 2.40. The summed E-state index contributed by atoms with van der Waals surface area (Å²) in [5.41, 5.74) is 3.15. The second kappa shape index (κ2) is 7.08. The van der Waals surface area contributed by atoms with Crippen molar-refractivity contribution in [1.29, 1.82) is 0 Å². The van der Waals surface area contributed by atoms with Gasteiger partial charge in [-0.15, -0.1) is 0 Å². The van der Waals surface area contributed by atoms with Crippen LogP contribution in [0, 0.1) is 0 Å². The van der Waals surface area contributed by atoms with Gasteiger partial charge in [0, 0.05) is 54.8 Å². The SMILES string of the molecule is C=C(NC1CCC1)C1=CN2CCN(C3CCN(C)C3)C(=O)C2=C(OC)C1=C. The van der Waals surface area contributed by atoms with Crippen molar-refractivity contribution in [3.05, 3.63) is 47.7 Å². The van der Waals surface area contributed by atoms with Crippen LogP contribution in [0.1, 0.15) is 25.7 Å². The molecule has 1 amide bonds. The number of nitrogens with one attached hydrogen (secondary N) is 1. The van der Waals surface area contributed by atoms with Gasteiger partial charge >= 0.3 is 0 Å². The van der Waals surface area contributed by atoms with Gasteiger partial charge in [0.25, 0.3) is 5.91 Å². The lowest BCUT2D eigenvalue weighted by Gasteiger charge is -2.42. The first-order valence-corrected chi connectivity index (χ1v) is 9.91. The topological polar surface area (TPSA) is 48.0 Å². The Labute approximate surface area is 161 Å². The Hall–Kier alpha value is -2.21. The normalized spacial score (nSPS) is 26.7. The number of carbonyl (C=O) groups is 1. The highest BCUT2D eigenvalue weighted by Crippen LogP contribution is 2.36. The third-order valence-electron chi connectivity index (χ3n) is 6.25. The number of likely N-dealkylation sites (tertiary alicyclic amines) is 1. The molecule has 2 saturated heterocycles. The third-order valence-corrected chi connectivity index (χ3v) is 6.25. The lowest BCUT2D eigenvalue weighted by molar-refractivity contribution is -0.133. The number of fused-ring (bicyclic) bond motifs is 1. The molecule has 0 aromatic rings. The van der Waals surface area contributed by atoms with E-state index in [1.807, 2.05) is 16.0 Å². The van der Waals surface area contributed by atoms with E-state index >= 15 is 0 Å². The molecule has 4 rings (SSSR count). The average Bonchev–Trinajstić information content (AvgIpc) is 3.04. The Bertz CT molecular complexity index is 734. The fraction of sp³-hybridized carbons (Fsp3) is 0.571. The van der Waals surface area contributed by atoms with E-state index in [2.05, 4.69) is 30.4 Å². The molecule has 1 atom stereocenters. The molecule has 6 heteroatoms. The number of nitrogens with zero attached hydrogens (tertiary/aromatic N) is 3. The molecule has 1 unspecified atom stereocenters. The lowest BCUT2D eigenvalue weighted by Crippen LogP contribution is -2.53. The largest absolute Gasteiger partial charge is 0.494 e. The maximum Gasteiger partial charge on any atom is 0.274 e. The Morgan fingerprint density at radius 1 is 1.26 bits per heavy atom. The van der Waals surface area contributed by atoms with Crippen molar-refractivity contribution >= 4 is 5.91 Å². The van der Waals surface area contributed by atoms with Crippen molar-refractivity contribution < 1.29 is 9.53 Å². The molecule has 0 aromatic heterocycles. The van der Waals surface area contributed by atoms with Crippen LogP contribution < -0.4 is 5.32 Å². The van der Waals surface area contributed by atoms with Gasteiger partial charge in [0.05, 0.1) is 7.11 Å². The molecule has 6 nitrogen and oxygen atoms in total. The van der Waals surface area contributed by atoms with Crippen molar-refractivity contribution in [2.45, 2.75) is 37.8 Å². The summed E-state index contributed by atoms with van der Waals surface area (Å²) in [6.45, 7) is 11.9. The standard InChI is InChI=1S/C21H30N4O2/c1-14-18(15(2)22-16-6-5-7-16)13-24-10-11-25(17-8-9-23(3)12-17)21(26)19(24)20(14)27-4/h13,16-17,22H,1-2,5-12H2,3-4H3. The van der Waals surface area contributed by atoms with Crippen molar-refractivity contribution in [3.8, 4) is 0 Å². The van der Waals surface area contributed by atoms with Crippen LogP contribution in [0.5, 0.6) is 0 Å². The number of ether oxygens (including phenoxy) is 1. The Morgan fingerprint density at radius 3 is 2.63 bits per heavy atom. The van der Waals surface area contributed by atoms with Crippen molar-refractivity contribution in [1.82, 2.24) is 20.0 Å². The first-order chi connectivity index (χ1) is 13.0. The van der Waals surface area contributed by atoms with Crippen LogP contribution in [0.15, 0.2) is 47.7 Å². The summed E-state index contributed by atoms with van der Waals surface area (Å²) < 4.78 is 5.67. The molecule has 0 radical (unpaired) electrons. The minimum absolute atomic E-state index is 0.0485. The van der Waals surface area contributed by atoms with E-state index in [1.165, 1.54) is 19.3 Å². The summed E-state index contributed by atoms with van der Waals surface area (Å²) in [6.07, 6.45) is 6.69. The smallest absolute Gasteiger partial charge is 0.274 e. The van der Waals surface area contributed by atoms with Crippen molar-refractivity contribution in [2.24, 2.45) is 0 Å². The predicted octanol–water partition coefficient (Wildman–Crippen LogP) is 1.80. The van der Waals surface area contributed by atoms with E-state index in [-0.39, 0.29) is 11.9 Å². The fourth-order valence-corrected chi connectivity index (χ4v) is 4.41. The van der Waals surface area contributed by atoms with Gasteiger partial charge in [0.2, 0.25) is 0 Å². The summed E-state index contributed by atoms with van der Waals surface area (Å²) in [5, 5.41) is 3.50.